The first-order valence-corrected chi connectivity index (χ1v) is 52.3. The maximum Gasteiger partial charge on any atom is 0.187 e. The van der Waals surface area contributed by atoms with E-state index in [4.69, 9.17) is 75.8 Å². The molecule has 8 aliphatic carbocycles. The van der Waals surface area contributed by atoms with Crippen molar-refractivity contribution >= 4 is 0 Å². The van der Waals surface area contributed by atoms with Crippen molar-refractivity contribution in [3.63, 3.8) is 0 Å². The molecule has 8 heterocycles. The summed E-state index contributed by atoms with van der Waals surface area (Å²) in [7, 11) is 0. The molecule has 141 heavy (non-hydrogen) atoms. The molecule has 27 N–H and O–H groups in total. The Morgan fingerprint density at radius 2 is 0.574 bits per heavy atom. The summed E-state index contributed by atoms with van der Waals surface area (Å²) in [5.74, 6) is 4.14. The number of rotatable bonds is 35. The number of hydrogen-bond donors (Lipinski definition) is 27. The van der Waals surface area contributed by atoms with Crippen molar-refractivity contribution in [3.8, 4) is 0 Å². The molecule has 34 unspecified atom stereocenters. The maximum absolute atomic E-state index is 12.2. The molecule has 0 spiro atoms. The molecule has 43 nitrogen and oxygen atoms in total. The summed E-state index contributed by atoms with van der Waals surface area (Å²) in [6, 6.07) is 0. The fourth-order valence-electron chi connectivity index (χ4n) is 30.4. The Morgan fingerprint density at radius 3 is 0.929 bits per heavy atom. The molecule has 816 valence electrons. The zero-order valence-electron chi connectivity index (χ0n) is 81.7. The average Bonchev–Trinajstić information content (AvgIpc) is 1.62. The van der Waals surface area contributed by atoms with Crippen molar-refractivity contribution in [2.24, 2.45) is 98.1 Å². The molecule has 0 aromatic carbocycles. The monoisotopic (exact) mass is 2030 g/mol. The van der Waals surface area contributed by atoms with E-state index in [1.54, 1.807) is 0 Å². The number of fused-ring (bicyclic) bond motifs is 10. The van der Waals surface area contributed by atoms with Gasteiger partial charge in [0.05, 0.1) is 78.3 Å². The van der Waals surface area contributed by atoms with Gasteiger partial charge >= 0.3 is 0 Å². The third-order valence-corrected chi connectivity index (χ3v) is 38.7. The van der Waals surface area contributed by atoms with E-state index in [-0.39, 0.29) is 70.8 Å². The molecule has 0 radical (unpaired) electrons. The summed E-state index contributed by atoms with van der Waals surface area (Å²) in [6.45, 7) is 8.35. The Bertz CT molecular complexity index is 3720. The van der Waals surface area contributed by atoms with E-state index in [9.17, 15) is 138 Å². The first kappa shape index (κ1) is 112. The van der Waals surface area contributed by atoms with E-state index >= 15 is 0 Å². The fourth-order valence-corrected chi connectivity index (χ4v) is 30.4. The second-order valence-electron chi connectivity index (χ2n) is 46.3. The molecule has 8 saturated heterocycles. The SMILES string of the molecule is CC(CCCC(CCCC(C)C1CCC2C3CCC4CC(O[C@@H]5OC(CO)[C@@H](O[C@H]6OC(CO)[C@@H](O)C(O)[C@@H]6O)C(O)[C@@H]5O)CCC4(C)C3CCC12C)(CO[C@H]1OC[C@H](O[C@@H]2OC(CO)[C@H](O)C(O)[C@H]2O)C(O)[C@H]1O)CO[C@@H]1OC(CO)[C@@H](O[C@H]2OC(CO)[C@@H](O)C(O)[C@@H]2O)C(O)[C@@H]1O)C1CCC2C3CCC4CC(O[C@H]5OC(CO)[C@H](O[C@@H]6OC(CO)[C@H](O)C(O)[C@H]6O)C(O)[C@H]5O)CCC4(C)C3CCC12C. The Kier molecular flexibility index (Phi) is 36.7. The van der Waals surface area contributed by atoms with Gasteiger partial charge in [0.1, 0.15) is 189 Å². The Balaban J connectivity index is 0.602. The van der Waals surface area contributed by atoms with E-state index in [0.717, 1.165) is 103 Å². The van der Waals surface area contributed by atoms with Crippen LogP contribution in [0.15, 0.2) is 0 Å². The summed E-state index contributed by atoms with van der Waals surface area (Å²) >= 11 is 0. The molecule has 8 saturated carbocycles. The molecule has 16 rings (SSSR count). The lowest BCUT2D eigenvalue weighted by molar-refractivity contribution is -0.364. The third-order valence-electron chi connectivity index (χ3n) is 38.7. The summed E-state index contributed by atoms with van der Waals surface area (Å²) in [5.41, 5.74) is -1.20. The van der Waals surface area contributed by atoms with Crippen LogP contribution in [0.25, 0.3) is 0 Å². The van der Waals surface area contributed by atoms with Crippen LogP contribution in [-0.4, -0.2) is 456 Å². The molecule has 0 aromatic heterocycles. The van der Waals surface area contributed by atoms with Crippen molar-refractivity contribution in [2.75, 3.05) is 66.1 Å². The van der Waals surface area contributed by atoms with Crippen molar-refractivity contribution in [1.29, 1.82) is 0 Å². The van der Waals surface area contributed by atoms with Crippen LogP contribution in [0.1, 0.15) is 196 Å². The van der Waals surface area contributed by atoms with E-state index in [2.05, 4.69) is 41.5 Å². The summed E-state index contributed by atoms with van der Waals surface area (Å²) < 4.78 is 97.3. The minimum absolute atomic E-state index is 0.0217. The average molecular weight is 2030 g/mol. The number of aliphatic hydroxyl groups excluding tert-OH is 27. The number of hydrogen-bond acceptors (Lipinski definition) is 43. The van der Waals surface area contributed by atoms with Gasteiger partial charge in [0.25, 0.3) is 0 Å². The summed E-state index contributed by atoms with van der Waals surface area (Å²) in [6.07, 6.45) is -44.7. The van der Waals surface area contributed by atoms with Gasteiger partial charge in [0.2, 0.25) is 0 Å². The van der Waals surface area contributed by atoms with Crippen molar-refractivity contribution in [3.05, 3.63) is 0 Å². The first-order chi connectivity index (χ1) is 67.1. The minimum Gasteiger partial charge on any atom is -0.394 e. The lowest BCUT2D eigenvalue weighted by atomic mass is 9.44. The highest BCUT2D eigenvalue weighted by Crippen LogP contribution is 2.71. The van der Waals surface area contributed by atoms with E-state index in [0.29, 0.717) is 98.7 Å². The smallest absolute Gasteiger partial charge is 0.187 e. The second kappa shape index (κ2) is 46.3. The third kappa shape index (κ3) is 21.8. The fraction of sp³-hybridized carbons (Fsp3) is 1.00. The molecule has 16 aliphatic rings. The molecule has 0 bridgehead atoms. The lowest BCUT2D eigenvalue weighted by Gasteiger charge is -2.61. The van der Waals surface area contributed by atoms with Gasteiger partial charge in [-0.15, -0.1) is 0 Å². The first-order valence-electron chi connectivity index (χ1n) is 52.3. The number of ether oxygens (including phenoxy) is 16. The van der Waals surface area contributed by atoms with Crippen LogP contribution in [0.3, 0.4) is 0 Å². The van der Waals surface area contributed by atoms with Crippen LogP contribution in [-0.2, 0) is 75.8 Å². The molecule has 16 fully saturated rings. The Hall–Kier alpha value is -1.72. The molecule has 8 aliphatic heterocycles. The van der Waals surface area contributed by atoms with Crippen molar-refractivity contribution < 1.29 is 214 Å². The normalized spacial score (nSPS) is 53.2. The topological polar surface area (TPSA) is 694 Å². The molecule has 0 aromatic rings. The minimum atomic E-state index is -1.93. The van der Waals surface area contributed by atoms with Crippen molar-refractivity contribution in [2.45, 2.75) is 447 Å². The quantitative estimate of drug-likeness (QED) is 0.0264. The van der Waals surface area contributed by atoms with Crippen LogP contribution < -0.4 is 0 Å². The zero-order valence-corrected chi connectivity index (χ0v) is 81.7. The van der Waals surface area contributed by atoms with Gasteiger partial charge in [-0.05, 0) is 221 Å². The molecule has 58 atom stereocenters. The second-order valence-corrected chi connectivity index (χ2v) is 46.3. The zero-order chi connectivity index (χ0) is 101. The van der Waals surface area contributed by atoms with E-state index in [1.165, 1.54) is 0 Å². The van der Waals surface area contributed by atoms with Gasteiger partial charge in [-0.2, -0.15) is 0 Å². The molecule has 0 amide bonds. The maximum atomic E-state index is 12.2. The predicted octanol–water partition coefficient (Wildman–Crippen LogP) is -5.16. The Morgan fingerprint density at radius 1 is 0.284 bits per heavy atom. The van der Waals surface area contributed by atoms with Gasteiger partial charge in [-0.25, -0.2) is 0 Å². The highest BCUT2D eigenvalue weighted by Gasteiger charge is 2.66. The van der Waals surface area contributed by atoms with E-state index in [1.807, 2.05) is 0 Å². The highest BCUT2D eigenvalue weighted by atomic mass is 16.8. The number of aliphatic hydroxyl groups is 27. The van der Waals surface area contributed by atoms with Gasteiger partial charge in [0.15, 0.2) is 50.3 Å². The molecular weight excluding hydrogens is 1870 g/mol. The van der Waals surface area contributed by atoms with Crippen LogP contribution >= 0.6 is 0 Å². The van der Waals surface area contributed by atoms with Gasteiger partial charge in [-0.3, -0.25) is 0 Å². The molecule has 43 heteroatoms. The highest BCUT2D eigenvalue weighted by molar-refractivity contribution is 5.14. The van der Waals surface area contributed by atoms with E-state index < -0.39 is 298 Å². The van der Waals surface area contributed by atoms with Crippen LogP contribution in [0.2, 0.25) is 0 Å². The van der Waals surface area contributed by atoms with Gasteiger partial charge in [-0.1, -0.05) is 67.2 Å². The largest absolute Gasteiger partial charge is 0.394 e. The van der Waals surface area contributed by atoms with Crippen LogP contribution in [0, 0.1) is 98.1 Å². The summed E-state index contributed by atoms with van der Waals surface area (Å²) in [5, 5.41) is 294. The lowest BCUT2D eigenvalue weighted by Crippen LogP contribution is -2.65. The Labute approximate surface area is 821 Å². The predicted molar refractivity (Wildman–Crippen MR) is 480 cm³/mol. The van der Waals surface area contributed by atoms with Crippen LogP contribution in [0.4, 0.5) is 0 Å². The van der Waals surface area contributed by atoms with Crippen LogP contribution in [0.5, 0.6) is 0 Å². The standard InChI is InChI=1S/C98H166O43/c1-41(49-15-17-51-47-13-11-43-29-45(19-25-94(43,3)53(47)21-27-96(49,51)5)129-88-81(124)73(116)84(60(36-104)136-88)140-92-78(121)70(113)65(108)57(33-101)133-92)9-7-23-98(39-127-86-75(118)67(110)62(38-126-86)138-90-76(119)68(111)63(106)55(31-99)131-90,40-128-87-80(123)72(115)83(59(35-103)135-87)139-91-77(120)69(112)64(107)56(32-100)132-91)24-8-10-42(2)50-16-18-52-48-14-12-44-30-46(20-26-95(44,4)54(48)22-28-97(50,52)6)130-89-82(125)74(117)85(61(37-105)137-89)141-93-79(122)71(114)66(109)58(34-102)134-93/h41-93,99-125H,7-40H2,1-6H3/t41?,42?,43?,44?,45?,46?,47?,48?,49?,50?,51?,52?,53?,54?,55?,56?,57?,58?,59?,60?,61?,62-,63-,64+,65-,66+,67?,68?,69?,70?,71?,72?,73?,74?,75+,76+,77-,78+,79-,80-,81+,82-,83+,84-,85+,86+,87+,88-,89+,90-,91+,92-,93+,94?,95?,96?,97?,98?/m0/s1. The van der Waals surface area contributed by atoms with Crippen molar-refractivity contribution in [1.82, 2.24) is 0 Å². The van der Waals surface area contributed by atoms with Gasteiger partial charge < -0.3 is 214 Å². The van der Waals surface area contributed by atoms with Gasteiger partial charge in [0, 0.05) is 5.41 Å². The molecular formula is C98H166O43. The summed E-state index contributed by atoms with van der Waals surface area (Å²) in [4.78, 5) is 0.